The highest BCUT2D eigenvalue weighted by Gasteiger charge is 2.22. The van der Waals surface area contributed by atoms with Gasteiger partial charge in [0.1, 0.15) is 6.04 Å². The lowest BCUT2D eigenvalue weighted by molar-refractivity contribution is -0.141. The lowest BCUT2D eigenvalue weighted by Crippen LogP contribution is -2.42. The molecule has 1 amide bonds. The molecule has 0 unspecified atom stereocenters. The third kappa shape index (κ3) is 4.50. The van der Waals surface area contributed by atoms with Crippen LogP contribution in [0.1, 0.15) is 17.5 Å². The molecule has 130 valence electrons. The van der Waals surface area contributed by atoms with Gasteiger partial charge in [0, 0.05) is 12.8 Å². The molecule has 1 aliphatic heterocycles. The van der Waals surface area contributed by atoms with Crippen LogP contribution in [0.4, 0.5) is 0 Å². The number of rotatable bonds is 7. The van der Waals surface area contributed by atoms with Gasteiger partial charge in [-0.15, -0.1) is 0 Å². The smallest absolute Gasteiger partial charge is 0.326 e. The first-order valence-corrected chi connectivity index (χ1v) is 8.06. The van der Waals surface area contributed by atoms with E-state index in [1.165, 1.54) is 0 Å². The van der Waals surface area contributed by atoms with Gasteiger partial charge in [0.15, 0.2) is 11.5 Å². The maximum absolute atomic E-state index is 12.1. The Morgan fingerprint density at radius 1 is 1.04 bits per heavy atom. The summed E-state index contributed by atoms with van der Waals surface area (Å²) in [6.07, 6.45) is 1.00. The molecule has 6 heteroatoms. The van der Waals surface area contributed by atoms with Gasteiger partial charge in [0.05, 0.1) is 0 Å². The van der Waals surface area contributed by atoms with E-state index in [1.807, 2.05) is 30.3 Å². The number of hydrogen-bond donors (Lipinski definition) is 2. The van der Waals surface area contributed by atoms with E-state index in [0.29, 0.717) is 17.9 Å². The van der Waals surface area contributed by atoms with Crippen LogP contribution in [-0.4, -0.2) is 29.8 Å². The van der Waals surface area contributed by atoms with Gasteiger partial charge in [-0.1, -0.05) is 36.4 Å². The molecule has 0 bridgehead atoms. The number of carbonyl (C=O) groups is 2. The molecule has 2 aromatic carbocycles. The molecular formula is C19H19NO5. The molecule has 6 nitrogen and oxygen atoms in total. The molecule has 0 fully saturated rings. The highest BCUT2D eigenvalue weighted by atomic mass is 16.7. The zero-order valence-corrected chi connectivity index (χ0v) is 13.6. The molecule has 25 heavy (non-hydrogen) atoms. The minimum absolute atomic E-state index is 0.164. The Morgan fingerprint density at radius 3 is 2.56 bits per heavy atom. The maximum Gasteiger partial charge on any atom is 0.326 e. The number of aryl methyl sites for hydroxylation is 1. The summed E-state index contributed by atoms with van der Waals surface area (Å²) in [7, 11) is 0. The van der Waals surface area contributed by atoms with Crippen molar-refractivity contribution >= 4 is 11.9 Å². The lowest BCUT2D eigenvalue weighted by Gasteiger charge is -2.15. The molecule has 1 aliphatic rings. The topological polar surface area (TPSA) is 84.9 Å². The molecular weight excluding hydrogens is 322 g/mol. The summed E-state index contributed by atoms with van der Waals surface area (Å²) in [5.41, 5.74) is 1.81. The first-order chi connectivity index (χ1) is 12.1. The molecule has 0 radical (unpaired) electrons. The van der Waals surface area contributed by atoms with E-state index in [2.05, 4.69) is 5.32 Å². The molecule has 1 atom stereocenters. The number of carboxylic acid groups (broad SMARTS) is 1. The molecule has 0 saturated heterocycles. The summed E-state index contributed by atoms with van der Waals surface area (Å²) in [6, 6.07) is 13.9. The highest BCUT2D eigenvalue weighted by Crippen LogP contribution is 2.32. The first-order valence-electron chi connectivity index (χ1n) is 8.06. The summed E-state index contributed by atoms with van der Waals surface area (Å²) in [4.78, 5) is 23.6. The SMILES string of the molecule is O=C(CCc1ccccc1)N[C@@H](Cc1ccc2c(c1)OCO2)C(=O)O. The summed E-state index contributed by atoms with van der Waals surface area (Å²) >= 11 is 0. The largest absolute Gasteiger partial charge is 0.480 e. The summed E-state index contributed by atoms with van der Waals surface area (Å²) in [5, 5.41) is 12.0. The van der Waals surface area contributed by atoms with Crippen molar-refractivity contribution in [1.29, 1.82) is 0 Å². The summed E-state index contributed by atoms with van der Waals surface area (Å²) in [6.45, 7) is 0.164. The normalized spacial score (nSPS) is 13.3. The van der Waals surface area contributed by atoms with Crippen LogP contribution in [0.3, 0.4) is 0 Å². The average Bonchev–Trinajstić information content (AvgIpc) is 3.08. The Hall–Kier alpha value is -3.02. The predicted molar refractivity (Wildman–Crippen MR) is 90.6 cm³/mol. The van der Waals surface area contributed by atoms with Crippen molar-refractivity contribution in [3.05, 3.63) is 59.7 Å². The molecule has 0 aromatic heterocycles. The second-order valence-corrected chi connectivity index (χ2v) is 5.84. The van der Waals surface area contributed by atoms with E-state index >= 15 is 0 Å². The Balaban J connectivity index is 1.57. The quantitative estimate of drug-likeness (QED) is 0.806. The van der Waals surface area contributed by atoms with Crippen molar-refractivity contribution in [1.82, 2.24) is 5.32 Å². The zero-order chi connectivity index (χ0) is 17.6. The number of benzene rings is 2. The molecule has 0 saturated carbocycles. The Kier molecular flexibility index (Phi) is 5.18. The minimum atomic E-state index is -1.06. The van der Waals surface area contributed by atoms with Crippen LogP contribution in [0, 0.1) is 0 Å². The van der Waals surface area contributed by atoms with Crippen LogP contribution >= 0.6 is 0 Å². The minimum Gasteiger partial charge on any atom is -0.480 e. The second-order valence-electron chi connectivity index (χ2n) is 5.84. The van der Waals surface area contributed by atoms with Crippen LogP contribution in [0.25, 0.3) is 0 Å². The molecule has 2 N–H and O–H groups in total. The summed E-state index contributed by atoms with van der Waals surface area (Å²) < 4.78 is 10.5. The standard InChI is InChI=1S/C19H19NO5/c21-18(9-7-13-4-2-1-3-5-13)20-15(19(22)23)10-14-6-8-16-17(11-14)25-12-24-16/h1-6,8,11,15H,7,9-10,12H2,(H,20,21)(H,22,23)/t15-/m0/s1. The van der Waals surface area contributed by atoms with E-state index in [1.54, 1.807) is 18.2 Å². The van der Waals surface area contributed by atoms with E-state index in [4.69, 9.17) is 9.47 Å². The van der Waals surface area contributed by atoms with Crippen molar-refractivity contribution in [3.63, 3.8) is 0 Å². The highest BCUT2D eigenvalue weighted by molar-refractivity contribution is 5.83. The first kappa shape index (κ1) is 16.8. The average molecular weight is 341 g/mol. The molecule has 0 spiro atoms. The third-order valence-electron chi connectivity index (χ3n) is 3.99. The fourth-order valence-corrected chi connectivity index (χ4v) is 2.67. The number of fused-ring (bicyclic) bond motifs is 1. The summed E-state index contributed by atoms with van der Waals surface area (Å²) in [5.74, 6) is -0.109. The van der Waals surface area contributed by atoms with Crippen LogP contribution < -0.4 is 14.8 Å². The number of aliphatic carboxylic acids is 1. The van der Waals surface area contributed by atoms with Crippen LogP contribution in [0.15, 0.2) is 48.5 Å². The Labute approximate surface area is 145 Å². The van der Waals surface area contributed by atoms with Gasteiger partial charge in [-0.05, 0) is 29.7 Å². The van der Waals surface area contributed by atoms with Gasteiger partial charge in [-0.25, -0.2) is 4.79 Å². The molecule has 3 rings (SSSR count). The van der Waals surface area contributed by atoms with Crippen LogP contribution in [-0.2, 0) is 22.4 Å². The fourth-order valence-electron chi connectivity index (χ4n) is 2.67. The van der Waals surface area contributed by atoms with Crippen molar-refractivity contribution in [2.45, 2.75) is 25.3 Å². The van der Waals surface area contributed by atoms with Gasteiger partial charge in [0.2, 0.25) is 12.7 Å². The number of carboxylic acids is 1. The van der Waals surface area contributed by atoms with Crippen molar-refractivity contribution in [2.24, 2.45) is 0 Å². The number of ether oxygens (including phenoxy) is 2. The van der Waals surface area contributed by atoms with Crippen LogP contribution in [0.5, 0.6) is 11.5 Å². The van der Waals surface area contributed by atoms with Gasteiger partial charge < -0.3 is 19.9 Å². The van der Waals surface area contributed by atoms with Crippen molar-refractivity contribution < 1.29 is 24.2 Å². The van der Waals surface area contributed by atoms with E-state index in [9.17, 15) is 14.7 Å². The molecule has 2 aromatic rings. The lowest BCUT2D eigenvalue weighted by atomic mass is 10.0. The fraction of sp³-hybridized carbons (Fsp3) is 0.263. The van der Waals surface area contributed by atoms with Gasteiger partial charge in [0.25, 0.3) is 0 Å². The van der Waals surface area contributed by atoms with Crippen molar-refractivity contribution in [3.8, 4) is 11.5 Å². The van der Waals surface area contributed by atoms with E-state index in [0.717, 1.165) is 11.1 Å². The monoisotopic (exact) mass is 341 g/mol. The third-order valence-corrected chi connectivity index (χ3v) is 3.99. The van der Waals surface area contributed by atoms with E-state index < -0.39 is 12.0 Å². The zero-order valence-electron chi connectivity index (χ0n) is 13.6. The second kappa shape index (κ2) is 7.70. The molecule has 1 heterocycles. The number of hydrogen-bond acceptors (Lipinski definition) is 4. The number of nitrogens with one attached hydrogen (secondary N) is 1. The maximum atomic E-state index is 12.1. The molecule has 0 aliphatic carbocycles. The van der Waals surface area contributed by atoms with Crippen LogP contribution in [0.2, 0.25) is 0 Å². The number of amides is 1. The van der Waals surface area contributed by atoms with Gasteiger partial charge in [-0.2, -0.15) is 0 Å². The number of carbonyl (C=O) groups excluding carboxylic acids is 1. The predicted octanol–water partition coefficient (Wildman–Crippen LogP) is 2.16. The van der Waals surface area contributed by atoms with Crippen molar-refractivity contribution in [2.75, 3.05) is 6.79 Å². The van der Waals surface area contributed by atoms with Gasteiger partial charge >= 0.3 is 5.97 Å². The van der Waals surface area contributed by atoms with E-state index in [-0.39, 0.29) is 25.5 Å². The van der Waals surface area contributed by atoms with Gasteiger partial charge in [-0.3, -0.25) is 4.79 Å². The Morgan fingerprint density at radius 2 is 1.80 bits per heavy atom. The Bertz CT molecular complexity index is 760.